The molecule has 2 aliphatic heterocycles. The largest absolute Gasteiger partial charge is 0.378 e. The summed E-state index contributed by atoms with van der Waals surface area (Å²) in [5, 5.41) is 2.89. The van der Waals surface area contributed by atoms with E-state index in [-0.39, 0.29) is 11.8 Å². The molecule has 0 radical (unpaired) electrons. The summed E-state index contributed by atoms with van der Waals surface area (Å²) in [6.45, 7) is 8.41. The van der Waals surface area contributed by atoms with E-state index in [0.717, 1.165) is 37.4 Å². The summed E-state index contributed by atoms with van der Waals surface area (Å²) < 4.78 is 5.30. The average Bonchev–Trinajstić information content (AvgIpc) is 3.17. The number of morpholine rings is 1. The molecule has 144 valence electrons. The highest BCUT2D eigenvalue weighted by Gasteiger charge is 2.27. The lowest BCUT2D eigenvalue weighted by atomic mass is 9.93. The molecule has 0 aliphatic carbocycles. The van der Waals surface area contributed by atoms with Crippen LogP contribution in [0.2, 0.25) is 0 Å². The number of amides is 2. The van der Waals surface area contributed by atoms with Crippen molar-refractivity contribution in [2.45, 2.75) is 45.4 Å². The monoisotopic (exact) mass is 379 g/mol. The van der Waals surface area contributed by atoms with Gasteiger partial charge in [0.15, 0.2) is 0 Å². The first kappa shape index (κ1) is 19.3. The van der Waals surface area contributed by atoms with E-state index in [4.69, 9.17) is 4.74 Å². The van der Waals surface area contributed by atoms with Crippen molar-refractivity contribution in [3.8, 4) is 0 Å². The predicted octanol–water partition coefficient (Wildman–Crippen LogP) is 2.76. The van der Waals surface area contributed by atoms with E-state index in [1.54, 1.807) is 11.3 Å². The number of rotatable bonds is 5. The Morgan fingerprint density at radius 2 is 2.04 bits per heavy atom. The molecule has 7 heteroatoms. The first-order valence-corrected chi connectivity index (χ1v) is 10.5. The van der Waals surface area contributed by atoms with Gasteiger partial charge in [-0.05, 0) is 25.2 Å². The minimum atomic E-state index is 0.0392. The van der Waals surface area contributed by atoms with Crippen LogP contribution < -0.4 is 0 Å². The summed E-state index contributed by atoms with van der Waals surface area (Å²) in [5.41, 5.74) is 0.573. The number of hydrogen-bond donors (Lipinski definition) is 0. The zero-order chi connectivity index (χ0) is 18.5. The quantitative estimate of drug-likeness (QED) is 0.789. The maximum absolute atomic E-state index is 12.7. The van der Waals surface area contributed by atoms with Gasteiger partial charge < -0.3 is 14.5 Å². The summed E-state index contributed by atoms with van der Waals surface area (Å²) in [6, 6.07) is 0. The van der Waals surface area contributed by atoms with E-state index in [1.807, 2.05) is 15.2 Å². The number of carbonyl (C=O) groups excluding carboxylic acids is 2. The van der Waals surface area contributed by atoms with Crippen LogP contribution in [0.15, 0.2) is 5.38 Å². The van der Waals surface area contributed by atoms with E-state index < -0.39 is 0 Å². The maximum atomic E-state index is 12.7. The summed E-state index contributed by atoms with van der Waals surface area (Å²) >= 11 is 1.56. The minimum Gasteiger partial charge on any atom is -0.378 e. The van der Waals surface area contributed by atoms with Crippen LogP contribution in [0.4, 0.5) is 0 Å². The molecule has 2 saturated heterocycles. The van der Waals surface area contributed by atoms with Crippen molar-refractivity contribution in [3.05, 3.63) is 16.1 Å². The summed E-state index contributed by atoms with van der Waals surface area (Å²) in [4.78, 5) is 33.4. The van der Waals surface area contributed by atoms with Crippen LogP contribution in [-0.2, 0) is 9.53 Å². The lowest BCUT2D eigenvalue weighted by Crippen LogP contribution is -2.42. The average molecular weight is 380 g/mol. The van der Waals surface area contributed by atoms with Crippen molar-refractivity contribution in [2.75, 3.05) is 39.4 Å². The second kappa shape index (κ2) is 8.95. The van der Waals surface area contributed by atoms with E-state index >= 15 is 0 Å². The number of piperidine rings is 1. The number of likely N-dealkylation sites (tertiary alicyclic amines) is 1. The van der Waals surface area contributed by atoms with Crippen LogP contribution in [0.3, 0.4) is 0 Å². The molecule has 6 nitrogen and oxygen atoms in total. The molecule has 3 rings (SSSR count). The molecule has 0 N–H and O–H groups in total. The summed E-state index contributed by atoms with van der Waals surface area (Å²) in [6.07, 6.45) is 3.52. The van der Waals surface area contributed by atoms with Gasteiger partial charge in [-0.1, -0.05) is 13.8 Å². The second-order valence-electron chi connectivity index (χ2n) is 7.52. The number of aromatic nitrogens is 1. The van der Waals surface area contributed by atoms with Gasteiger partial charge in [0.25, 0.3) is 5.91 Å². The molecule has 1 aromatic heterocycles. The van der Waals surface area contributed by atoms with Crippen LogP contribution in [-0.4, -0.2) is 66.0 Å². The van der Waals surface area contributed by atoms with Gasteiger partial charge in [0.05, 0.1) is 18.2 Å². The Labute approximate surface area is 159 Å². The van der Waals surface area contributed by atoms with Crippen LogP contribution in [0.25, 0.3) is 0 Å². The maximum Gasteiger partial charge on any atom is 0.273 e. The number of nitrogens with zero attached hydrogens (tertiary/aromatic N) is 3. The first-order chi connectivity index (χ1) is 12.5. The third kappa shape index (κ3) is 4.82. The molecule has 1 unspecified atom stereocenters. The molecule has 26 heavy (non-hydrogen) atoms. The molecule has 2 aliphatic rings. The standard InChI is InChI=1S/C19H29N3O3S/c1-14(2)18-20-16(13-26-18)19(24)22-7-3-4-15(12-22)5-6-17(23)21-8-10-25-11-9-21/h13-15H,3-12H2,1-2H3. The molecule has 2 amide bonds. The van der Waals surface area contributed by atoms with Gasteiger partial charge in [0.2, 0.25) is 5.91 Å². The van der Waals surface area contributed by atoms with Gasteiger partial charge in [0, 0.05) is 43.9 Å². The van der Waals surface area contributed by atoms with E-state index in [9.17, 15) is 9.59 Å². The Morgan fingerprint density at radius 3 is 2.73 bits per heavy atom. The molecular formula is C19H29N3O3S. The number of hydrogen-bond acceptors (Lipinski definition) is 5. The Morgan fingerprint density at radius 1 is 1.27 bits per heavy atom. The molecule has 0 aromatic carbocycles. The van der Waals surface area contributed by atoms with Gasteiger partial charge in [-0.2, -0.15) is 0 Å². The molecule has 0 saturated carbocycles. The Bertz CT molecular complexity index is 625. The van der Waals surface area contributed by atoms with Crippen LogP contribution in [0.5, 0.6) is 0 Å². The summed E-state index contributed by atoms with van der Waals surface area (Å²) in [7, 11) is 0. The zero-order valence-electron chi connectivity index (χ0n) is 15.8. The molecule has 1 atom stereocenters. The van der Waals surface area contributed by atoms with Crippen molar-refractivity contribution in [3.63, 3.8) is 0 Å². The highest BCUT2D eigenvalue weighted by molar-refractivity contribution is 7.09. The van der Waals surface area contributed by atoms with Crippen molar-refractivity contribution in [2.24, 2.45) is 5.92 Å². The fourth-order valence-corrected chi connectivity index (χ4v) is 4.41. The SMILES string of the molecule is CC(C)c1nc(C(=O)N2CCCC(CCC(=O)N3CCOCC3)C2)cs1. The van der Waals surface area contributed by atoms with Gasteiger partial charge in [-0.25, -0.2) is 4.98 Å². The minimum absolute atomic E-state index is 0.0392. The smallest absolute Gasteiger partial charge is 0.273 e. The van der Waals surface area contributed by atoms with Crippen LogP contribution in [0, 0.1) is 5.92 Å². The normalized spacial score (nSPS) is 21.3. The zero-order valence-corrected chi connectivity index (χ0v) is 16.6. The third-order valence-corrected chi connectivity index (χ3v) is 6.32. The lowest BCUT2D eigenvalue weighted by molar-refractivity contribution is -0.135. The van der Waals surface area contributed by atoms with E-state index in [1.165, 1.54) is 0 Å². The first-order valence-electron chi connectivity index (χ1n) is 9.65. The number of ether oxygens (including phenoxy) is 1. The van der Waals surface area contributed by atoms with Crippen LogP contribution in [0.1, 0.15) is 60.9 Å². The van der Waals surface area contributed by atoms with Gasteiger partial charge in [-0.3, -0.25) is 9.59 Å². The third-order valence-electron chi connectivity index (χ3n) is 5.17. The van der Waals surface area contributed by atoms with Gasteiger partial charge >= 0.3 is 0 Å². The molecule has 2 fully saturated rings. The highest BCUT2D eigenvalue weighted by atomic mass is 32.1. The number of thiazole rings is 1. The molecule has 1 aromatic rings. The topological polar surface area (TPSA) is 62.7 Å². The Balaban J connectivity index is 1.50. The van der Waals surface area contributed by atoms with Crippen LogP contribution >= 0.6 is 11.3 Å². The second-order valence-corrected chi connectivity index (χ2v) is 8.41. The van der Waals surface area contributed by atoms with Gasteiger partial charge in [0.1, 0.15) is 5.69 Å². The molecule has 3 heterocycles. The van der Waals surface area contributed by atoms with Crippen molar-refractivity contribution < 1.29 is 14.3 Å². The lowest BCUT2D eigenvalue weighted by Gasteiger charge is -2.33. The van der Waals surface area contributed by atoms with E-state index in [2.05, 4.69) is 18.8 Å². The van der Waals surface area contributed by atoms with Gasteiger partial charge in [-0.15, -0.1) is 11.3 Å². The molecule has 0 spiro atoms. The summed E-state index contributed by atoms with van der Waals surface area (Å²) in [5.74, 6) is 1.01. The Hall–Kier alpha value is -1.47. The van der Waals surface area contributed by atoms with Crippen molar-refractivity contribution >= 4 is 23.2 Å². The predicted molar refractivity (Wildman–Crippen MR) is 101 cm³/mol. The highest BCUT2D eigenvalue weighted by Crippen LogP contribution is 2.25. The van der Waals surface area contributed by atoms with Crippen molar-refractivity contribution in [1.82, 2.24) is 14.8 Å². The van der Waals surface area contributed by atoms with Crippen molar-refractivity contribution in [1.29, 1.82) is 0 Å². The van der Waals surface area contributed by atoms with E-state index in [0.29, 0.717) is 50.3 Å². The molecule has 0 bridgehead atoms. The fraction of sp³-hybridized carbons (Fsp3) is 0.737. The number of carbonyl (C=O) groups is 2. The Kier molecular flexibility index (Phi) is 6.64. The fourth-order valence-electron chi connectivity index (χ4n) is 3.60. The molecular weight excluding hydrogens is 350 g/mol.